The summed E-state index contributed by atoms with van der Waals surface area (Å²) in [5.41, 5.74) is 0.910. The van der Waals surface area contributed by atoms with Gasteiger partial charge in [-0.3, -0.25) is 0 Å². The van der Waals surface area contributed by atoms with Crippen molar-refractivity contribution in [1.29, 1.82) is 0 Å². The van der Waals surface area contributed by atoms with E-state index < -0.39 is 0 Å². The summed E-state index contributed by atoms with van der Waals surface area (Å²) in [4.78, 5) is 21.4. The highest BCUT2D eigenvalue weighted by Crippen LogP contribution is 2.42. The maximum absolute atomic E-state index is 4.55. The number of nitrogens with one attached hydrogen (secondary N) is 1. The summed E-state index contributed by atoms with van der Waals surface area (Å²) in [5.74, 6) is 3.39. The lowest BCUT2D eigenvalue weighted by molar-refractivity contribution is 0.494. The second-order valence-corrected chi connectivity index (χ2v) is 7.95. The number of aromatic nitrogens is 5. The summed E-state index contributed by atoms with van der Waals surface area (Å²) >= 11 is 1.53. The van der Waals surface area contributed by atoms with Crippen LogP contribution < -0.4 is 9.80 Å². The fourth-order valence-electron chi connectivity index (χ4n) is 4.47. The van der Waals surface area contributed by atoms with E-state index in [-0.39, 0.29) is 0 Å². The van der Waals surface area contributed by atoms with Crippen molar-refractivity contribution in [3.05, 3.63) is 24.4 Å². The van der Waals surface area contributed by atoms with Gasteiger partial charge in [-0.05, 0) is 37.7 Å². The molecule has 1 aliphatic carbocycles. The maximum Gasteiger partial charge on any atom is 0.205 e. The number of aryl methyl sites for hydroxylation is 1. The Morgan fingerprint density at radius 2 is 2.04 bits per heavy atom. The van der Waals surface area contributed by atoms with Gasteiger partial charge < -0.3 is 14.8 Å². The largest absolute Gasteiger partial charge is 0.356 e. The number of nitrogens with zero attached hydrogens (tertiary/aromatic N) is 6. The van der Waals surface area contributed by atoms with Gasteiger partial charge in [0, 0.05) is 43.9 Å². The van der Waals surface area contributed by atoms with Gasteiger partial charge in [0.25, 0.3) is 0 Å². The van der Waals surface area contributed by atoms with E-state index in [4.69, 9.17) is 0 Å². The molecule has 7 nitrogen and oxygen atoms in total. The Morgan fingerprint density at radius 3 is 2.76 bits per heavy atom. The Labute approximate surface area is 150 Å². The standard InChI is InChI=1S/C17H21N7S/c1-10-21-17(25-22-10)24-7-11-5-13(6-12(11)8-24)23(2)16-14-3-4-18-15(14)19-9-20-16/h3-4,9,11-13H,5-8H2,1-2H3,(H,18,19,20). The van der Waals surface area contributed by atoms with Crippen LogP contribution in [0.5, 0.6) is 0 Å². The highest BCUT2D eigenvalue weighted by atomic mass is 32.1. The molecule has 4 heterocycles. The zero-order valence-corrected chi connectivity index (χ0v) is 15.2. The average molecular weight is 355 g/mol. The van der Waals surface area contributed by atoms with Crippen molar-refractivity contribution in [1.82, 2.24) is 24.3 Å². The van der Waals surface area contributed by atoms with E-state index in [9.17, 15) is 0 Å². The van der Waals surface area contributed by atoms with E-state index in [1.54, 1.807) is 6.33 Å². The van der Waals surface area contributed by atoms with Crippen molar-refractivity contribution in [3.8, 4) is 0 Å². The van der Waals surface area contributed by atoms with Crippen LogP contribution in [0.25, 0.3) is 11.0 Å². The van der Waals surface area contributed by atoms with Gasteiger partial charge >= 0.3 is 0 Å². The molecule has 8 heteroatoms. The van der Waals surface area contributed by atoms with E-state index >= 15 is 0 Å². The summed E-state index contributed by atoms with van der Waals surface area (Å²) in [6, 6.07) is 2.61. The zero-order valence-electron chi connectivity index (χ0n) is 14.4. The molecule has 3 aromatic heterocycles. The molecule has 3 aromatic rings. The second kappa shape index (κ2) is 5.66. The lowest BCUT2D eigenvalue weighted by Gasteiger charge is -2.27. The van der Waals surface area contributed by atoms with Gasteiger partial charge in [-0.1, -0.05) is 0 Å². The number of H-pyrrole nitrogens is 1. The van der Waals surface area contributed by atoms with Crippen LogP contribution in [0.2, 0.25) is 0 Å². The summed E-state index contributed by atoms with van der Waals surface area (Å²) in [6.45, 7) is 4.17. The maximum atomic E-state index is 4.55. The van der Waals surface area contributed by atoms with Crippen molar-refractivity contribution in [3.63, 3.8) is 0 Å². The van der Waals surface area contributed by atoms with E-state index in [0.29, 0.717) is 6.04 Å². The first kappa shape index (κ1) is 15.1. The quantitative estimate of drug-likeness (QED) is 0.778. The predicted octanol–water partition coefficient (Wildman–Crippen LogP) is 2.47. The minimum absolute atomic E-state index is 0.543. The van der Waals surface area contributed by atoms with Crippen LogP contribution >= 0.6 is 11.5 Å². The number of hydrogen-bond acceptors (Lipinski definition) is 7. The molecule has 1 saturated carbocycles. The summed E-state index contributed by atoms with van der Waals surface area (Å²) in [5, 5.41) is 2.19. The molecular formula is C17H21N7S. The predicted molar refractivity (Wildman–Crippen MR) is 99.2 cm³/mol. The fourth-order valence-corrected chi connectivity index (χ4v) is 5.16. The van der Waals surface area contributed by atoms with Crippen molar-refractivity contribution in [2.24, 2.45) is 11.8 Å². The van der Waals surface area contributed by atoms with Gasteiger partial charge in [0.1, 0.15) is 23.6 Å². The van der Waals surface area contributed by atoms with Gasteiger partial charge in [-0.15, -0.1) is 0 Å². The molecule has 0 amide bonds. The molecule has 1 saturated heterocycles. The average Bonchev–Trinajstić information content (AvgIpc) is 3.35. The highest BCUT2D eigenvalue weighted by molar-refractivity contribution is 7.09. The Kier molecular flexibility index (Phi) is 3.41. The number of fused-ring (bicyclic) bond motifs is 2. The van der Waals surface area contributed by atoms with Crippen LogP contribution in [0.4, 0.5) is 10.9 Å². The highest BCUT2D eigenvalue weighted by Gasteiger charge is 2.43. The number of hydrogen-bond donors (Lipinski definition) is 1. The SMILES string of the molecule is Cc1nsc(N2CC3CC(N(C)c4ncnc5[nH]ccc45)CC3C2)n1. The Hall–Kier alpha value is -2.22. The fraction of sp³-hybridized carbons (Fsp3) is 0.529. The van der Waals surface area contributed by atoms with E-state index in [1.807, 2.05) is 13.1 Å². The number of rotatable bonds is 3. The minimum Gasteiger partial charge on any atom is -0.356 e. The number of aromatic amines is 1. The van der Waals surface area contributed by atoms with Crippen LogP contribution in [0, 0.1) is 18.8 Å². The molecule has 130 valence electrons. The normalized spacial score (nSPS) is 25.7. The molecular weight excluding hydrogens is 334 g/mol. The van der Waals surface area contributed by atoms with Gasteiger partial charge in [-0.2, -0.15) is 4.37 Å². The molecule has 2 fully saturated rings. The van der Waals surface area contributed by atoms with Gasteiger partial charge in [0.05, 0.1) is 5.39 Å². The molecule has 1 N–H and O–H groups in total. The van der Waals surface area contributed by atoms with Crippen molar-refractivity contribution in [2.75, 3.05) is 29.9 Å². The molecule has 0 spiro atoms. The van der Waals surface area contributed by atoms with E-state index in [2.05, 4.69) is 47.2 Å². The third kappa shape index (κ3) is 2.47. The van der Waals surface area contributed by atoms with Gasteiger partial charge in [-0.25, -0.2) is 15.0 Å². The molecule has 1 aliphatic heterocycles. The van der Waals surface area contributed by atoms with Crippen molar-refractivity contribution >= 4 is 33.5 Å². The van der Waals surface area contributed by atoms with E-state index in [1.165, 1.54) is 24.4 Å². The number of anilines is 2. The van der Waals surface area contributed by atoms with Crippen LogP contribution in [0.15, 0.2) is 18.6 Å². The molecule has 2 atom stereocenters. The van der Waals surface area contributed by atoms with Crippen LogP contribution in [-0.2, 0) is 0 Å². The summed E-state index contributed by atoms with van der Waals surface area (Å²) in [6.07, 6.45) is 6.01. The first-order valence-electron chi connectivity index (χ1n) is 8.75. The smallest absolute Gasteiger partial charge is 0.205 e. The molecule has 0 bridgehead atoms. The molecule has 2 aliphatic rings. The lowest BCUT2D eigenvalue weighted by Crippen LogP contribution is -2.32. The van der Waals surface area contributed by atoms with Gasteiger partial charge in [0.2, 0.25) is 5.13 Å². The van der Waals surface area contributed by atoms with Crippen LogP contribution in [0.1, 0.15) is 18.7 Å². The minimum atomic E-state index is 0.543. The molecule has 5 rings (SSSR count). The van der Waals surface area contributed by atoms with Gasteiger partial charge in [0.15, 0.2) is 0 Å². The van der Waals surface area contributed by atoms with Crippen molar-refractivity contribution in [2.45, 2.75) is 25.8 Å². The summed E-state index contributed by atoms with van der Waals surface area (Å²) < 4.78 is 4.33. The Morgan fingerprint density at radius 1 is 1.24 bits per heavy atom. The monoisotopic (exact) mass is 355 g/mol. The third-order valence-corrected chi connectivity index (χ3v) is 6.60. The molecule has 25 heavy (non-hydrogen) atoms. The third-order valence-electron chi connectivity index (χ3n) is 5.73. The lowest BCUT2D eigenvalue weighted by atomic mass is 10.0. The van der Waals surface area contributed by atoms with Crippen LogP contribution in [-0.4, -0.2) is 50.5 Å². The first-order valence-corrected chi connectivity index (χ1v) is 9.52. The Bertz CT molecular complexity index is 889. The van der Waals surface area contributed by atoms with Crippen molar-refractivity contribution < 1.29 is 0 Å². The molecule has 2 unspecified atom stereocenters. The Balaban J connectivity index is 1.32. The van der Waals surface area contributed by atoms with E-state index in [0.717, 1.165) is 52.7 Å². The summed E-state index contributed by atoms with van der Waals surface area (Å²) in [7, 11) is 2.17. The second-order valence-electron chi connectivity index (χ2n) is 7.22. The zero-order chi connectivity index (χ0) is 17.0. The first-order chi connectivity index (χ1) is 12.2. The molecule has 0 aromatic carbocycles. The van der Waals surface area contributed by atoms with Crippen LogP contribution in [0.3, 0.4) is 0 Å². The molecule has 0 radical (unpaired) electrons. The topological polar surface area (TPSA) is 73.8 Å².